The minimum atomic E-state index is -0.592. The van der Waals surface area contributed by atoms with E-state index in [0.29, 0.717) is 12.5 Å². The molecule has 0 aromatic heterocycles. The van der Waals surface area contributed by atoms with Gasteiger partial charge < -0.3 is 5.11 Å². The van der Waals surface area contributed by atoms with Crippen molar-refractivity contribution in [3.63, 3.8) is 0 Å². The van der Waals surface area contributed by atoms with Crippen molar-refractivity contribution < 1.29 is 9.90 Å². The number of carboxylic acid groups (broad SMARTS) is 1. The standard InChI is InChI=1S/C18H25NO2/c1-2-15-9-6-10-18(15)13-19(12-16(18)17(20)21)11-14-7-4-3-5-8-14/h3-5,7-8,15-16H,2,6,9-13H2,1H3,(H,20,21). The zero-order chi connectivity index (χ0) is 14.9. The third-order valence-electron chi connectivity index (χ3n) is 5.70. The fourth-order valence-corrected chi connectivity index (χ4v) is 4.76. The van der Waals surface area contributed by atoms with Crippen LogP contribution >= 0.6 is 0 Å². The Kier molecular flexibility index (Phi) is 4.03. The fraction of sp³-hybridized carbons (Fsp3) is 0.611. The van der Waals surface area contributed by atoms with Crippen LogP contribution in [0.3, 0.4) is 0 Å². The quantitative estimate of drug-likeness (QED) is 0.922. The molecule has 1 saturated carbocycles. The molecule has 3 rings (SSSR count). The van der Waals surface area contributed by atoms with Crippen LogP contribution in [0.4, 0.5) is 0 Å². The maximum Gasteiger partial charge on any atom is 0.308 e. The molecular formula is C18H25NO2. The Morgan fingerprint density at radius 3 is 2.81 bits per heavy atom. The lowest BCUT2D eigenvalue weighted by molar-refractivity contribution is -0.145. The van der Waals surface area contributed by atoms with E-state index in [4.69, 9.17) is 0 Å². The zero-order valence-electron chi connectivity index (χ0n) is 12.8. The van der Waals surface area contributed by atoms with Gasteiger partial charge in [0.15, 0.2) is 0 Å². The van der Waals surface area contributed by atoms with Crippen LogP contribution in [-0.2, 0) is 11.3 Å². The number of rotatable bonds is 4. The lowest BCUT2D eigenvalue weighted by atomic mass is 9.69. The van der Waals surface area contributed by atoms with Gasteiger partial charge in [-0.3, -0.25) is 9.69 Å². The van der Waals surface area contributed by atoms with Gasteiger partial charge in [-0.2, -0.15) is 0 Å². The SMILES string of the molecule is CCC1CCCC12CN(Cc1ccccc1)CC2C(=O)O. The van der Waals surface area contributed by atoms with E-state index in [1.165, 1.54) is 18.4 Å². The highest BCUT2D eigenvalue weighted by Crippen LogP contribution is 2.54. The summed E-state index contributed by atoms with van der Waals surface area (Å²) in [5.41, 5.74) is 1.31. The van der Waals surface area contributed by atoms with Crippen LogP contribution in [0.15, 0.2) is 30.3 Å². The predicted octanol–water partition coefficient (Wildman–Crippen LogP) is 3.40. The summed E-state index contributed by atoms with van der Waals surface area (Å²) >= 11 is 0. The summed E-state index contributed by atoms with van der Waals surface area (Å²) in [5, 5.41) is 9.71. The maximum absolute atomic E-state index is 11.8. The lowest BCUT2D eigenvalue weighted by Gasteiger charge is -2.34. The summed E-state index contributed by atoms with van der Waals surface area (Å²) in [6.45, 7) is 4.76. The molecule has 1 aliphatic carbocycles. The number of likely N-dealkylation sites (tertiary alicyclic amines) is 1. The van der Waals surface area contributed by atoms with E-state index < -0.39 is 5.97 Å². The molecular weight excluding hydrogens is 262 g/mol. The second kappa shape index (κ2) is 5.80. The maximum atomic E-state index is 11.8. The molecule has 0 amide bonds. The number of carboxylic acids is 1. The van der Waals surface area contributed by atoms with Crippen molar-refractivity contribution in [1.82, 2.24) is 4.90 Å². The monoisotopic (exact) mass is 287 g/mol. The van der Waals surface area contributed by atoms with Gasteiger partial charge >= 0.3 is 5.97 Å². The highest BCUT2D eigenvalue weighted by Gasteiger charge is 2.55. The average Bonchev–Trinajstić information content (AvgIpc) is 3.05. The van der Waals surface area contributed by atoms with Crippen LogP contribution in [0.5, 0.6) is 0 Å². The van der Waals surface area contributed by atoms with E-state index in [2.05, 4.69) is 36.1 Å². The van der Waals surface area contributed by atoms with Gasteiger partial charge in [0, 0.05) is 25.0 Å². The van der Waals surface area contributed by atoms with Gasteiger partial charge in [0.25, 0.3) is 0 Å². The molecule has 2 aliphatic rings. The van der Waals surface area contributed by atoms with Crippen LogP contribution < -0.4 is 0 Å². The van der Waals surface area contributed by atoms with Crippen molar-refractivity contribution in [3.8, 4) is 0 Å². The van der Waals surface area contributed by atoms with Crippen molar-refractivity contribution >= 4 is 5.97 Å². The van der Waals surface area contributed by atoms with Gasteiger partial charge in [0.2, 0.25) is 0 Å². The zero-order valence-corrected chi connectivity index (χ0v) is 12.8. The number of carbonyl (C=O) groups is 1. The van der Waals surface area contributed by atoms with Crippen molar-refractivity contribution in [3.05, 3.63) is 35.9 Å². The van der Waals surface area contributed by atoms with E-state index in [0.717, 1.165) is 25.9 Å². The Hall–Kier alpha value is -1.35. The van der Waals surface area contributed by atoms with E-state index >= 15 is 0 Å². The summed E-state index contributed by atoms with van der Waals surface area (Å²) in [7, 11) is 0. The van der Waals surface area contributed by atoms with Gasteiger partial charge in [-0.25, -0.2) is 0 Å². The molecule has 1 aromatic rings. The predicted molar refractivity (Wildman–Crippen MR) is 82.9 cm³/mol. The number of aliphatic carboxylic acids is 1. The molecule has 3 heteroatoms. The lowest BCUT2D eigenvalue weighted by Crippen LogP contribution is -2.38. The normalized spacial score (nSPS) is 32.8. The second-order valence-corrected chi connectivity index (χ2v) is 6.78. The molecule has 1 heterocycles. The molecule has 1 aromatic carbocycles. The summed E-state index contributed by atoms with van der Waals surface area (Å²) in [4.78, 5) is 14.2. The molecule has 0 bridgehead atoms. The van der Waals surface area contributed by atoms with Gasteiger partial charge in [0.05, 0.1) is 5.92 Å². The van der Waals surface area contributed by atoms with Crippen LogP contribution in [0.25, 0.3) is 0 Å². The Labute approximate surface area is 127 Å². The summed E-state index contributed by atoms with van der Waals surface area (Å²) in [6, 6.07) is 10.4. The molecule has 21 heavy (non-hydrogen) atoms. The summed E-state index contributed by atoms with van der Waals surface area (Å²) in [5.74, 6) is -0.195. The largest absolute Gasteiger partial charge is 0.481 e. The highest BCUT2D eigenvalue weighted by molar-refractivity contribution is 5.72. The number of hydrogen-bond acceptors (Lipinski definition) is 2. The van der Waals surface area contributed by atoms with Gasteiger partial charge in [-0.1, -0.05) is 50.1 Å². The Morgan fingerprint density at radius 1 is 1.38 bits per heavy atom. The van der Waals surface area contributed by atoms with Crippen LogP contribution in [0.1, 0.15) is 38.2 Å². The Morgan fingerprint density at radius 2 is 2.14 bits per heavy atom. The molecule has 3 unspecified atom stereocenters. The third kappa shape index (κ3) is 2.59. The Bertz CT molecular complexity index is 501. The van der Waals surface area contributed by atoms with E-state index in [9.17, 15) is 9.90 Å². The second-order valence-electron chi connectivity index (χ2n) is 6.78. The molecule has 0 radical (unpaired) electrons. The Balaban J connectivity index is 1.80. The van der Waals surface area contributed by atoms with Crippen LogP contribution in [-0.4, -0.2) is 29.1 Å². The van der Waals surface area contributed by atoms with E-state index in [1.54, 1.807) is 0 Å². The molecule has 3 atom stereocenters. The summed E-state index contributed by atoms with van der Waals surface area (Å²) < 4.78 is 0. The average molecular weight is 287 g/mol. The number of nitrogens with zero attached hydrogens (tertiary/aromatic N) is 1. The molecule has 114 valence electrons. The molecule has 2 fully saturated rings. The highest BCUT2D eigenvalue weighted by atomic mass is 16.4. The van der Waals surface area contributed by atoms with Crippen molar-refractivity contribution in [2.75, 3.05) is 13.1 Å². The van der Waals surface area contributed by atoms with Gasteiger partial charge in [-0.15, -0.1) is 0 Å². The minimum absolute atomic E-state index is 0.0232. The third-order valence-corrected chi connectivity index (χ3v) is 5.70. The first kappa shape index (κ1) is 14.6. The van der Waals surface area contributed by atoms with Gasteiger partial charge in [-0.05, 0) is 24.3 Å². The summed E-state index contributed by atoms with van der Waals surface area (Å²) in [6.07, 6.45) is 4.61. The van der Waals surface area contributed by atoms with E-state index in [1.807, 2.05) is 6.07 Å². The van der Waals surface area contributed by atoms with Crippen LogP contribution in [0, 0.1) is 17.3 Å². The minimum Gasteiger partial charge on any atom is -0.481 e. The fourth-order valence-electron chi connectivity index (χ4n) is 4.76. The van der Waals surface area contributed by atoms with Crippen molar-refractivity contribution in [2.24, 2.45) is 17.3 Å². The van der Waals surface area contributed by atoms with E-state index in [-0.39, 0.29) is 11.3 Å². The molecule has 3 nitrogen and oxygen atoms in total. The van der Waals surface area contributed by atoms with Crippen molar-refractivity contribution in [1.29, 1.82) is 0 Å². The van der Waals surface area contributed by atoms with Crippen LogP contribution in [0.2, 0.25) is 0 Å². The van der Waals surface area contributed by atoms with Gasteiger partial charge in [0.1, 0.15) is 0 Å². The molecule has 1 aliphatic heterocycles. The molecule has 1 N–H and O–H groups in total. The van der Waals surface area contributed by atoms with Crippen molar-refractivity contribution in [2.45, 2.75) is 39.2 Å². The molecule has 1 spiro atoms. The smallest absolute Gasteiger partial charge is 0.308 e. The first-order valence-corrected chi connectivity index (χ1v) is 8.15. The topological polar surface area (TPSA) is 40.5 Å². The first-order chi connectivity index (χ1) is 10.2. The molecule has 1 saturated heterocycles. The number of hydrogen-bond donors (Lipinski definition) is 1. The number of benzene rings is 1. The first-order valence-electron chi connectivity index (χ1n) is 8.15.